The van der Waals surface area contributed by atoms with E-state index in [1.165, 1.54) is 23.1 Å². The summed E-state index contributed by atoms with van der Waals surface area (Å²) < 4.78 is 64.2. The standard InChI is InChI=1S/C22H17BrF3N3O4S/c1-34(32,33)28-18-9-14(3-5-19(18)30)29-7-6-13-8-12(2-4-15(13)21(29)31)16-11-27-20(10-17(16)23)22(24,25)26/h2-5,8-11,28,30H,6-7H2,1H3. The Bertz CT molecular complexity index is 1410. The van der Waals surface area contributed by atoms with Crippen molar-refractivity contribution in [2.75, 3.05) is 22.4 Å². The Hall–Kier alpha value is -3.12. The predicted octanol–water partition coefficient (Wildman–Crippen LogP) is 4.81. The Morgan fingerprint density at radius 3 is 2.50 bits per heavy atom. The second-order valence-corrected chi connectivity index (χ2v) is 10.3. The summed E-state index contributed by atoms with van der Waals surface area (Å²) >= 11 is 3.17. The van der Waals surface area contributed by atoms with Crippen molar-refractivity contribution in [3.63, 3.8) is 0 Å². The summed E-state index contributed by atoms with van der Waals surface area (Å²) in [5.41, 5.74) is 1.55. The number of alkyl halides is 3. The van der Waals surface area contributed by atoms with E-state index in [9.17, 15) is 31.5 Å². The minimum atomic E-state index is -4.56. The molecule has 4 rings (SSSR count). The maximum absolute atomic E-state index is 13.1. The Morgan fingerprint density at radius 1 is 1.12 bits per heavy atom. The molecule has 34 heavy (non-hydrogen) atoms. The van der Waals surface area contributed by atoms with Gasteiger partial charge in [-0.15, -0.1) is 0 Å². The van der Waals surface area contributed by atoms with Crippen LogP contribution in [0.25, 0.3) is 11.1 Å². The fraction of sp³-hybridized carbons (Fsp3) is 0.182. The molecule has 2 N–H and O–H groups in total. The minimum Gasteiger partial charge on any atom is -0.506 e. The Kier molecular flexibility index (Phi) is 6.06. The number of aromatic nitrogens is 1. The van der Waals surface area contributed by atoms with Crippen molar-refractivity contribution in [3.05, 3.63) is 70.0 Å². The van der Waals surface area contributed by atoms with Crippen molar-refractivity contribution in [1.29, 1.82) is 0 Å². The van der Waals surface area contributed by atoms with Crippen molar-refractivity contribution in [2.24, 2.45) is 0 Å². The number of hydrogen-bond donors (Lipinski definition) is 2. The first-order chi connectivity index (χ1) is 15.8. The SMILES string of the molecule is CS(=O)(=O)Nc1cc(N2CCc3cc(-c4cnc(C(F)(F)F)cc4Br)ccc3C2=O)ccc1O. The van der Waals surface area contributed by atoms with E-state index in [-0.39, 0.29) is 28.4 Å². The molecule has 0 saturated carbocycles. The van der Waals surface area contributed by atoms with Gasteiger partial charge in [-0.2, -0.15) is 13.2 Å². The van der Waals surface area contributed by atoms with E-state index in [1.54, 1.807) is 18.2 Å². The second-order valence-electron chi connectivity index (χ2n) is 7.70. The van der Waals surface area contributed by atoms with Crippen LogP contribution in [0.5, 0.6) is 5.75 Å². The van der Waals surface area contributed by atoms with Crippen LogP contribution in [0.15, 0.2) is 53.1 Å². The van der Waals surface area contributed by atoms with Crippen LogP contribution < -0.4 is 9.62 Å². The number of fused-ring (bicyclic) bond motifs is 1. The molecule has 1 aromatic heterocycles. The zero-order chi connectivity index (χ0) is 24.8. The van der Waals surface area contributed by atoms with E-state index < -0.39 is 21.9 Å². The monoisotopic (exact) mass is 555 g/mol. The van der Waals surface area contributed by atoms with Crippen molar-refractivity contribution < 1.29 is 31.5 Å². The number of aromatic hydroxyl groups is 1. The first kappa shape index (κ1) is 24.0. The quantitative estimate of drug-likeness (QED) is 0.450. The van der Waals surface area contributed by atoms with Crippen molar-refractivity contribution >= 4 is 43.2 Å². The number of carbonyl (C=O) groups is 1. The number of sulfonamides is 1. The number of phenols is 1. The van der Waals surface area contributed by atoms with Gasteiger partial charge in [-0.1, -0.05) is 28.1 Å². The molecular formula is C22H17BrF3N3O4S. The molecule has 0 radical (unpaired) electrons. The lowest BCUT2D eigenvalue weighted by atomic mass is 9.94. The number of benzene rings is 2. The van der Waals surface area contributed by atoms with Crippen LogP contribution in [0.3, 0.4) is 0 Å². The van der Waals surface area contributed by atoms with Gasteiger partial charge in [0.05, 0.1) is 11.9 Å². The summed E-state index contributed by atoms with van der Waals surface area (Å²) in [6.45, 7) is 0.283. The third-order valence-electron chi connectivity index (χ3n) is 5.23. The van der Waals surface area contributed by atoms with Crippen molar-refractivity contribution in [2.45, 2.75) is 12.6 Å². The first-order valence-electron chi connectivity index (χ1n) is 9.82. The van der Waals surface area contributed by atoms with Gasteiger partial charge < -0.3 is 10.0 Å². The molecule has 3 aromatic rings. The molecule has 0 atom stereocenters. The minimum absolute atomic E-state index is 0.0476. The smallest absolute Gasteiger partial charge is 0.433 e. The molecule has 1 aliphatic heterocycles. The summed E-state index contributed by atoms with van der Waals surface area (Å²) in [6, 6.07) is 10.1. The van der Waals surface area contributed by atoms with E-state index in [0.717, 1.165) is 24.1 Å². The number of pyridine rings is 1. The molecule has 0 bridgehead atoms. The van der Waals surface area contributed by atoms with Crippen molar-refractivity contribution in [3.8, 4) is 16.9 Å². The maximum Gasteiger partial charge on any atom is 0.433 e. The van der Waals surface area contributed by atoms with E-state index in [4.69, 9.17) is 0 Å². The molecule has 1 aliphatic rings. The lowest BCUT2D eigenvalue weighted by molar-refractivity contribution is -0.141. The van der Waals surface area contributed by atoms with E-state index in [2.05, 4.69) is 25.6 Å². The van der Waals surface area contributed by atoms with Gasteiger partial charge in [-0.05, 0) is 47.9 Å². The lowest BCUT2D eigenvalue weighted by Crippen LogP contribution is -2.37. The van der Waals surface area contributed by atoms with E-state index >= 15 is 0 Å². The molecular weight excluding hydrogens is 539 g/mol. The molecule has 178 valence electrons. The number of amides is 1. The van der Waals surface area contributed by atoms with Gasteiger partial charge in [0, 0.05) is 34.0 Å². The number of carbonyl (C=O) groups excluding carboxylic acids is 1. The highest BCUT2D eigenvalue weighted by molar-refractivity contribution is 9.10. The van der Waals surface area contributed by atoms with Gasteiger partial charge in [0.25, 0.3) is 5.91 Å². The van der Waals surface area contributed by atoms with E-state index in [0.29, 0.717) is 28.8 Å². The summed E-state index contributed by atoms with van der Waals surface area (Å²) in [4.78, 5) is 18.1. The molecule has 0 saturated heterocycles. The number of hydrogen-bond acceptors (Lipinski definition) is 5. The number of rotatable bonds is 4. The zero-order valence-corrected chi connectivity index (χ0v) is 19.9. The third kappa shape index (κ3) is 4.87. The molecule has 0 unspecified atom stereocenters. The van der Waals surface area contributed by atoms with Gasteiger partial charge in [-0.3, -0.25) is 14.5 Å². The van der Waals surface area contributed by atoms with Gasteiger partial charge >= 0.3 is 6.18 Å². The van der Waals surface area contributed by atoms with Crippen LogP contribution in [0.1, 0.15) is 21.6 Å². The largest absolute Gasteiger partial charge is 0.506 e. The Morgan fingerprint density at radius 2 is 1.85 bits per heavy atom. The fourth-order valence-corrected chi connectivity index (χ4v) is 4.79. The van der Waals surface area contributed by atoms with Gasteiger partial charge in [0.2, 0.25) is 10.0 Å². The highest BCUT2D eigenvalue weighted by atomic mass is 79.9. The first-order valence-corrected chi connectivity index (χ1v) is 12.5. The molecule has 0 aliphatic carbocycles. The number of nitrogens with one attached hydrogen (secondary N) is 1. The Labute approximate surface area is 201 Å². The highest BCUT2D eigenvalue weighted by Crippen LogP contribution is 2.36. The van der Waals surface area contributed by atoms with Crippen LogP contribution in [-0.2, 0) is 22.6 Å². The maximum atomic E-state index is 13.1. The predicted molar refractivity (Wildman–Crippen MR) is 124 cm³/mol. The van der Waals surface area contributed by atoms with E-state index in [1.807, 2.05) is 0 Å². The summed E-state index contributed by atoms with van der Waals surface area (Å²) in [5.74, 6) is -0.604. The van der Waals surface area contributed by atoms with Crippen LogP contribution >= 0.6 is 15.9 Å². The summed E-state index contributed by atoms with van der Waals surface area (Å²) in [6.07, 6.45) is -2.02. The van der Waals surface area contributed by atoms with Crippen LogP contribution in [-0.4, -0.2) is 37.2 Å². The van der Waals surface area contributed by atoms with Gasteiger partial charge in [0.1, 0.15) is 11.4 Å². The molecule has 12 heteroatoms. The average molecular weight is 556 g/mol. The lowest BCUT2D eigenvalue weighted by Gasteiger charge is -2.29. The molecule has 2 aromatic carbocycles. The summed E-state index contributed by atoms with van der Waals surface area (Å²) in [5, 5.41) is 9.94. The van der Waals surface area contributed by atoms with Gasteiger partial charge in [-0.25, -0.2) is 8.42 Å². The molecule has 1 amide bonds. The average Bonchev–Trinajstić information content (AvgIpc) is 2.74. The number of halogens is 4. The fourth-order valence-electron chi connectivity index (χ4n) is 3.67. The number of nitrogens with zero attached hydrogens (tertiary/aromatic N) is 2. The molecule has 7 nitrogen and oxygen atoms in total. The number of anilines is 2. The molecule has 0 spiro atoms. The summed E-state index contributed by atoms with van der Waals surface area (Å²) in [7, 11) is -3.64. The number of phenolic OH excluding ortho intramolecular Hbond substituents is 1. The second kappa shape index (κ2) is 8.58. The molecule has 0 fully saturated rings. The van der Waals surface area contributed by atoms with Crippen LogP contribution in [0, 0.1) is 0 Å². The van der Waals surface area contributed by atoms with Gasteiger partial charge in [0.15, 0.2) is 0 Å². The van der Waals surface area contributed by atoms with Crippen LogP contribution in [0.2, 0.25) is 0 Å². The van der Waals surface area contributed by atoms with Crippen LogP contribution in [0.4, 0.5) is 24.5 Å². The highest BCUT2D eigenvalue weighted by Gasteiger charge is 2.33. The molecule has 2 heterocycles. The normalized spacial score (nSPS) is 14.1. The third-order valence-corrected chi connectivity index (χ3v) is 6.47. The Balaban J connectivity index is 1.64. The topological polar surface area (TPSA) is 99.6 Å². The zero-order valence-electron chi connectivity index (χ0n) is 17.5. The van der Waals surface area contributed by atoms with Crippen molar-refractivity contribution in [1.82, 2.24) is 4.98 Å².